The van der Waals surface area contributed by atoms with Crippen molar-refractivity contribution in [2.45, 2.75) is 26.7 Å². The van der Waals surface area contributed by atoms with E-state index in [1.807, 2.05) is 0 Å². The first-order valence-corrected chi connectivity index (χ1v) is 9.09. The summed E-state index contributed by atoms with van der Waals surface area (Å²) < 4.78 is 24.8. The van der Waals surface area contributed by atoms with Crippen LogP contribution in [-0.4, -0.2) is 63.1 Å². The third-order valence-electron chi connectivity index (χ3n) is 3.89. The summed E-state index contributed by atoms with van der Waals surface area (Å²) in [6, 6.07) is 0. The lowest BCUT2D eigenvalue weighted by Gasteiger charge is -2.34. The van der Waals surface area contributed by atoms with Crippen molar-refractivity contribution >= 4 is 10.0 Å². The van der Waals surface area contributed by atoms with Crippen LogP contribution in [0.25, 0.3) is 0 Å². The van der Waals surface area contributed by atoms with Crippen molar-refractivity contribution in [3.63, 3.8) is 0 Å². The van der Waals surface area contributed by atoms with Crippen molar-refractivity contribution in [3.8, 4) is 0 Å². The molecule has 0 bridgehead atoms. The van der Waals surface area contributed by atoms with E-state index in [2.05, 4.69) is 18.7 Å². The van der Waals surface area contributed by atoms with Crippen LogP contribution in [0, 0.1) is 11.8 Å². The number of rotatable bonds is 7. The first-order chi connectivity index (χ1) is 8.86. The van der Waals surface area contributed by atoms with Crippen molar-refractivity contribution in [2.24, 2.45) is 17.6 Å². The van der Waals surface area contributed by atoms with Crippen LogP contribution >= 0.6 is 0 Å². The van der Waals surface area contributed by atoms with E-state index in [-0.39, 0.29) is 0 Å². The smallest absolute Gasteiger partial charge is 0.211 e. The number of hydrogen-bond acceptors (Lipinski definition) is 4. The second kappa shape index (κ2) is 7.57. The lowest BCUT2D eigenvalue weighted by Crippen LogP contribution is -2.44. The summed E-state index contributed by atoms with van der Waals surface area (Å²) >= 11 is 0. The van der Waals surface area contributed by atoms with Crippen molar-refractivity contribution in [1.29, 1.82) is 0 Å². The van der Waals surface area contributed by atoms with Crippen LogP contribution in [0.2, 0.25) is 0 Å². The molecule has 1 aliphatic heterocycles. The van der Waals surface area contributed by atoms with Gasteiger partial charge in [-0.15, -0.1) is 0 Å². The highest BCUT2D eigenvalue weighted by Gasteiger charge is 2.26. The maximum absolute atomic E-state index is 11.6. The molecule has 0 aliphatic carbocycles. The summed E-state index contributed by atoms with van der Waals surface area (Å²) in [5.74, 6) is 0.947. The molecule has 0 aromatic rings. The summed E-state index contributed by atoms with van der Waals surface area (Å²) in [6.07, 6.45) is 3.41. The molecule has 0 saturated carbocycles. The largest absolute Gasteiger partial charge is 0.330 e. The van der Waals surface area contributed by atoms with Gasteiger partial charge in [-0.2, -0.15) is 0 Å². The average molecular weight is 291 g/mol. The Balaban J connectivity index is 2.50. The summed E-state index contributed by atoms with van der Waals surface area (Å²) in [5, 5.41) is 0. The Morgan fingerprint density at radius 3 is 2.68 bits per heavy atom. The molecule has 1 aliphatic rings. The van der Waals surface area contributed by atoms with Crippen molar-refractivity contribution in [3.05, 3.63) is 0 Å². The van der Waals surface area contributed by atoms with Gasteiger partial charge in [0.15, 0.2) is 0 Å². The van der Waals surface area contributed by atoms with E-state index in [9.17, 15) is 8.42 Å². The molecule has 1 heterocycles. The SMILES string of the molecule is CCN(CC(C)CN)CC1CCCN(S(C)(=O)=O)C1. The molecular weight excluding hydrogens is 262 g/mol. The minimum Gasteiger partial charge on any atom is -0.330 e. The van der Waals surface area contributed by atoms with Crippen LogP contribution in [-0.2, 0) is 10.0 Å². The first kappa shape index (κ1) is 16.9. The Kier molecular flexibility index (Phi) is 6.73. The van der Waals surface area contributed by atoms with E-state index >= 15 is 0 Å². The lowest BCUT2D eigenvalue weighted by atomic mass is 9.98. The van der Waals surface area contributed by atoms with Gasteiger partial charge >= 0.3 is 0 Å². The summed E-state index contributed by atoms with van der Waals surface area (Å²) in [6.45, 7) is 9.35. The van der Waals surface area contributed by atoms with Crippen molar-refractivity contribution in [1.82, 2.24) is 9.21 Å². The average Bonchev–Trinajstić information content (AvgIpc) is 2.37. The van der Waals surface area contributed by atoms with Crippen molar-refractivity contribution in [2.75, 3.05) is 45.5 Å². The van der Waals surface area contributed by atoms with E-state index in [4.69, 9.17) is 5.73 Å². The topological polar surface area (TPSA) is 66.6 Å². The van der Waals surface area contributed by atoms with Gasteiger partial charge < -0.3 is 10.6 Å². The van der Waals surface area contributed by atoms with Gasteiger partial charge in [0.1, 0.15) is 0 Å². The predicted octanol–water partition coefficient (Wildman–Crippen LogP) is 0.575. The Morgan fingerprint density at radius 2 is 2.16 bits per heavy atom. The molecule has 1 rings (SSSR count). The van der Waals surface area contributed by atoms with Crippen LogP contribution in [0.4, 0.5) is 0 Å². The monoisotopic (exact) mass is 291 g/mol. The zero-order valence-electron chi connectivity index (χ0n) is 12.5. The number of piperidine rings is 1. The fourth-order valence-corrected chi connectivity index (χ4v) is 3.63. The lowest BCUT2D eigenvalue weighted by molar-refractivity contribution is 0.169. The molecule has 0 aromatic heterocycles. The number of nitrogens with zero attached hydrogens (tertiary/aromatic N) is 2. The van der Waals surface area contributed by atoms with Gasteiger partial charge in [0.05, 0.1) is 6.26 Å². The Morgan fingerprint density at radius 1 is 1.47 bits per heavy atom. The van der Waals surface area contributed by atoms with Gasteiger partial charge in [-0.25, -0.2) is 12.7 Å². The van der Waals surface area contributed by atoms with Crippen LogP contribution in [0.1, 0.15) is 26.7 Å². The highest BCUT2D eigenvalue weighted by molar-refractivity contribution is 7.88. The van der Waals surface area contributed by atoms with E-state index < -0.39 is 10.0 Å². The predicted molar refractivity (Wildman–Crippen MR) is 79.5 cm³/mol. The number of nitrogens with two attached hydrogens (primary N) is 1. The van der Waals surface area contributed by atoms with Gasteiger partial charge in [0.2, 0.25) is 10.0 Å². The van der Waals surface area contributed by atoms with Gasteiger partial charge in [0, 0.05) is 26.2 Å². The molecule has 0 spiro atoms. The number of sulfonamides is 1. The summed E-state index contributed by atoms with van der Waals surface area (Å²) in [4.78, 5) is 2.40. The molecule has 0 amide bonds. The van der Waals surface area contributed by atoms with Gasteiger partial charge in [-0.3, -0.25) is 0 Å². The second-order valence-electron chi connectivity index (χ2n) is 5.82. The molecule has 2 unspecified atom stereocenters. The van der Waals surface area contributed by atoms with E-state index in [1.165, 1.54) is 6.26 Å². The maximum atomic E-state index is 11.6. The summed E-state index contributed by atoms with van der Waals surface area (Å²) in [7, 11) is -3.03. The first-order valence-electron chi connectivity index (χ1n) is 7.24. The molecule has 2 atom stereocenters. The fourth-order valence-electron chi connectivity index (χ4n) is 2.69. The van der Waals surface area contributed by atoms with E-state index in [0.717, 1.165) is 32.5 Å². The van der Waals surface area contributed by atoms with E-state index in [0.29, 0.717) is 31.5 Å². The zero-order chi connectivity index (χ0) is 14.5. The van der Waals surface area contributed by atoms with Gasteiger partial charge in [-0.1, -0.05) is 13.8 Å². The molecule has 2 N–H and O–H groups in total. The molecule has 1 saturated heterocycles. The van der Waals surface area contributed by atoms with E-state index in [1.54, 1.807) is 4.31 Å². The maximum Gasteiger partial charge on any atom is 0.211 e. The van der Waals surface area contributed by atoms with Gasteiger partial charge in [0.25, 0.3) is 0 Å². The second-order valence-corrected chi connectivity index (χ2v) is 7.80. The Hall–Kier alpha value is -0.170. The van der Waals surface area contributed by atoms with Gasteiger partial charge in [-0.05, 0) is 37.8 Å². The molecule has 6 heteroatoms. The third kappa shape index (κ3) is 5.77. The zero-order valence-corrected chi connectivity index (χ0v) is 13.3. The fraction of sp³-hybridized carbons (Fsp3) is 1.00. The molecule has 114 valence electrons. The number of hydrogen-bond donors (Lipinski definition) is 1. The Labute approximate surface area is 118 Å². The molecule has 5 nitrogen and oxygen atoms in total. The quantitative estimate of drug-likeness (QED) is 0.745. The van der Waals surface area contributed by atoms with Crippen LogP contribution < -0.4 is 5.73 Å². The van der Waals surface area contributed by atoms with Crippen LogP contribution in [0.5, 0.6) is 0 Å². The molecular formula is C13H29N3O2S. The standard InChI is InChI=1S/C13H29N3O2S/c1-4-15(9-12(2)8-14)10-13-6-5-7-16(11-13)19(3,17)18/h12-13H,4-11,14H2,1-3H3. The third-order valence-corrected chi connectivity index (χ3v) is 5.16. The molecule has 0 radical (unpaired) electrons. The van der Waals surface area contributed by atoms with Crippen molar-refractivity contribution < 1.29 is 8.42 Å². The van der Waals surface area contributed by atoms with Crippen LogP contribution in [0.3, 0.4) is 0 Å². The highest BCUT2D eigenvalue weighted by atomic mass is 32.2. The minimum absolute atomic E-state index is 0.452. The normalized spacial score (nSPS) is 23.7. The summed E-state index contributed by atoms with van der Waals surface area (Å²) in [5.41, 5.74) is 5.67. The molecule has 0 aromatic carbocycles. The minimum atomic E-state index is -3.03. The molecule has 1 fully saturated rings. The highest BCUT2D eigenvalue weighted by Crippen LogP contribution is 2.20. The van der Waals surface area contributed by atoms with Crippen LogP contribution in [0.15, 0.2) is 0 Å². The molecule has 19 heavy (non-hydrogen) atoms. The Bertz CT molecular complexity index is 359.